The van der Waals surface area contributed by atoms with Crippen molar-refractivity contribution in [2.24, 2.45) is 0 Å². The highest BCUT2D eigenvalue weighted by molar-refractivity contribution is 7.99. The molecule has 0 aliphatic rings. The normalized spacial score (nSPS) is 14.0. The number of ether oxygens (including phenoxy) is 1. The van der Waals surface area contributed by atoms with Gasteiger partial charge in [-0.2, -0.15) is 0 Å². The van der Waals surface area contributed by atoms with Gasteiger partial charge in [-0.05, 0) is 25.6 Å². The summed E-state index contributed by atoms with van der Waals surface area (Å²) in [6.07, 6.45) is 1.68. The zero-order valence-corrected chi connectivity index (χ0v) is 12.3. The summed E-state index contributed by atoms with van der Waals surface area (Å²) in [6, 6.07) is 3.55. The average Bonchev–Trinajstić information content (AvgIpc) is 2.37. The van der Waals surface area contributed by atoms with E-state index < -0.39 is 5.54 Å². The van der Waals surface area contributed by atoms with E-state index >= 15 is 0 Å². The minimum atomic E-state index is -0.741. The van der Waals surface area contributed by atoms with Gasteiger partial charge in [-0.25, -0.2) is 4.98 Å². The van der Waals surface area contributed by atoms with Gasteiger partial charge in [-0.3, -0.25) is 4.79 Å². The van der Waals surface area contributed by atoms with Crippen LogP contribution in [0.4, 0.5) is 0 Å². The number of nitrogens with one attached hydrogen (secondary N) is 1. The van der Waals surface area contributed by atoms with Gasteiger partial charge in [0.05, 0.1) is 12.1 Å². The van der Waals surface area contributed by atoms with E-state index in [4.69, 9.17) is 16.3 Å². The summed E-state index contributed by atoms with van der Waals surface area (Å²) < 4.78 is 4.82. The predicted octanol–water partition coefficient (Wildman–Crippen LogP) is 2.37. The molecule has 0 radical (unpaired) electrons. The van der Waals surface area contributed by atoms with E-state index in [1.807, 2.05) is 13.8 Å². The number of carbonyl (C=O) groups excluding carboxylic acids is 1. The van der Waals surface area contributed by atoms with Gasteiger partial charge in [0.1, 0.15) is 10.6 Å². The molecule has 1 aromatic rings. The van der Waals surface area contributed by atoms with Gasteiger partial charge in [-0.1, -0.05) is 18.5 Å². The molecule has 6 heteroatoms. The van der Waals surface area contributed by atoms with Crippen LogP contribution >= 0.6 is 23.4 Å². The second-order valence-electron chi connectivity index (χ2n) is 3.93. The van der Waals surface area contributed by atoms with E-state index in [-0.39, 0.29) is 5.97 Å². The number of aromatic nitrogens is 1. The minimum absolute atomic E-state index is 0.288. The van der Waals surface area contributed by atoms with E-state index in [0.29, 0.717) is 22.3 Å². The first-order valence-electron chi connectivity index (χ1n) is 5.60. The highest BCUT2D eigenvalue weighted by atomic mass is 35.5. The van der Waals surface area contributed by atoms with Crippen molar-refractivity contribution in [2.75, 3.05) is 19.4 Å². The van der Waals surface area contributed by atoms with Gasteiger partial charge < -0.3 is 10.1 Å². The number of pyridine rings is 1. The fraction of sp³-hybridized carbons (Fsp3) is 0.500. The van der Waals surface area contributed by atoms with Crippen LogP contribution in [0.2, 0.25) is 5.02 Å². The van der Waals surface area contributed by atoms with Crippen molar-refractivity contribution in [3.63, 3.8) is 0 Å². The van der Waals surface area contributed by atoms with E-state index in [9.17, 15) is 4.79 Å². The van der Waals surface area contributed by atoms with Crippen LogP contribution in [-0.4, -0.2) is 35.9 Å². The number of likely N-dealkylation sites (N-methyl/N-ethyl adjacent to an activating group) is 1. The number of carbonyl (C=O) groups is 1. The fourth-order valence-corrected chi connectivity index (χ4v) is 2.76. The zero-order valence-electron chi connectivity index (χ0n) is 10.7. The summed E-state index contributed by atoms with van der Waals surface area (Å²) >= 11 is 7.45. The van der Waals surface area contributed by atoms with Gasteiger partial charge in [0.15, 0.2) is 0 Å². The Balaban J connectivity index is 2.74. The molecule has 0 fully saturated rings. The number of thioether (sulfide) groups is 1. The van der Waals surface area contributed by atoms with Crippen molar-refractivity contribution >= 4 is 29.3 Å². The third-order valence-corrected chi connectivity index (χ3v) is 4.16. The minimum Gasteiger partial charge on any atom is -0.468 e. The molecule has 0 saturated carbocycles. The van der Waals surface area contributed by atoms with Crippen molar-refractivity contribution in [3.8, 4) is 0 Å². The van der Waals surface area contributed by atoms with Crippen LogP contribution < -0.4 is 5.32 Å². The molecule has 100 valence electrons. The maximum atomic E-state index is 11.8. The van der Waals surface area contributed by atoms with E-state index in [0.717, 1.165) is 0 Å². The molecule has 0 aliphatic carbocycles. The lowest BCUT2D eigenvalue weighted by molar-refractivity contribution is -0.146. The second-order valence-corrected chi connectivity index (χ2v) is 5.30. The second kappa shape index (κ2) is 6.97. The zero-order chi connectivity index (χ0) is 13.6. The molecule has 0 bridgehead atoms. The first-order chi connectivity index (χ1) is 8.53. The highest BCUT2D eigenvalue weighted by Crippen LogP contribution is 2.27. The Hall–Kier alpha value is -0.780. The first-order valence-corrected chi connectivity index (χ1v) is 6.96. The molecule has 1 heterocycles. The van der Waals surface area contributed by atoms with Crippen LogP contribution in [0.1, 0.15) is 13.8 Å². The van der Waals surface area contributed by atoms with Crippen molar-refractivity contribution in [1.29, 1.82) is 0 Å². The van der Waals surface area contributed by atoms with E-state index in [2.05, 4.69) is 10.3 Å². The molecule has 0 saturated heterocycles. The van der Waals surface area contributed by atoms with Crippen LogP contribution in [0.5, 0.6) is 0 Å². The van der Waals surface area contributed by atoms with Crippen molar-refractivity contribution in [3.05, 3.63) is 23.4 Å². The van der Waals surface area contributed by atoms with Crippen LogP contribution in [0.25, 0.3) is 0 Å². The van der Waals surface area contributed by atoms with Crippen LogP contribution in [0.3, 0.4) is 0 Å². The summed E-state index contributed by atoms with van der Waals surface area (Å²) in [5, 5.41) is 4.44. The number of halogens is 1. The molecule has 1 N–H and O–H groups in total. The Bertz CT molecular complexity index is 417. The molecule has 1 aromatic heterocycles. The Kier molecular flexibility index (Phi) is 5.91. The van der Waals surface area contributed by atoms with Gasteiger partial charge in [-0.15, -0.1) is 11.8 Å². The molecule has 18 heavy (non-hydrogen) atoms. The Morgan fingerprint density at radius 2 is 2.39 bits per heavy atom. The number of methoxy groups -OCH3 is 1. The van der Waals surface area contributed by atoms with Gasteiger partial charge in [0.25, 0.3) is 0 Å². The molecule has 0 aliphatic heterocycles. The Labute approximate surface area is 116 Å². The van der Waals surface area contributed by atoms with Crippen LogP contribution in [0, 0.1) is 0 Å². The smallest absolute Gasteiger partial charge is 0.326 e. The number of hydrogen-bond donors (Lipinski definition) is 1. The monoisotopic (exact) mass is 288 g/mol. The predicted molar refractivity (Wildman–Crippen MR) is 74.1 cm³/mol. The summed E-state index contributed by atoms with van der Waals surface area (Å²) in [4.78, 5) is 16.0. The van der Waals surface area contributed by atoms with E-state index in [1.54, 1.807) is 18.3 Å². The molecule has 1 rings (SSSR count). The highest BCUT2D eigenvalue weighted by Gasteiger charge is 2.33. The summed E-state index contributed by atoms with van der Waals surface area (Å²) in [5.41, 5.74) is -0.741. The first kappa shape index (κ1) is 15.3. The van der Waals surface area contributed by atoms with Gasteiger partial charge >= 0.3 is 5.97 Å². The topological polar surface area (TPSA) is 51.2 Å². The third-order valence-electron chi connectivity index (χ3n) is 2.43. The molecular weight excluding hydrogens is 272 g/mol. The SMILES string of the molecule is CCNC(C)(CSc1ncccc1Cl)C(=O)OC. The summed E-state index contributed by atoms with van der Waals surface area (Å²) in [6.45, 7) is 4.44. The summed E-state index contributed by atoms with van der Waals surface area (Å²) in [5.74, 6) is 0.216. The third kappa shape index (κ3) is 3.86. The van der Waals surface area contributed by atoms with E-state index in [1.165, 1.54) is 18.9 Å². The number of rotatable bonds is 6. The van der Waals surface area contributed by atoms with Crippen molar-refractivity contribution < 1.29 is 9.53 Å². The quantitative estimate of drug-likeness (QED) is 0.643. The summed E-state index contributed by atoms with van der Waals surface area (Å²) in [7, 11) is 1.39. The average molecular weight is 289 g/mol. The molecule has 0 spiro atoms. The van der Waals surface area contributed by atoms with Gasteiger partial charge in [0, 0.05) is 11.9 Å². The van der Waals surface area contributed by atoms with Crippen LogP contribution in [0.15, 0.2) is 23.4 Å². The number of hydrogen-bond acceptors (Lipinski definition) is 5. The van der Waals surface area contributed by atoms with Crippen LogP contribution in [-0.2, 0) is 9.53 Å². The lowest BCUT2D eigenvalue weighted by Gasteiger charge is -2.26. The lowest BCUT2D eigenvalue weighted by atomic mass is 10.1. The standard InChI is InChI=1S/C12H17ClN2O2S/c1-4-15-12(2,11(16)17-3)8-18-10-9(13)6-5-7-14-10/h5-7,15H,4,8H2,1-3H3. The Morgan fingerprint density at radius 1 is 1.67 bits per heavy atom. The molecule has 1 unspecified atom stereocenters. The number of esters is 1. The largest absolute Gasteiger partial charge is 0.468 e. The fourth-order valence-electron chi connectivity index (χ4n) is 1.49. The van der Waals surface area contributed by atoms with Gasteiger partial charge in [0.2, 0.25) is 0 Å². The molecule has 0 amide bonds. The molecule has 4 nitrogen and oxygen atoms in total. The van der Waals surface area contributed by atoms with Crippen molar-refractivity contribution in [1.82, 2.24) is 10.3 Å². The van der Waals surface area contributed by atoms with Crippen molar-refractivity contribution in [2.45, 2.75) is 24.4 Å². The number of nitrogens with zero attached hydrogens (tertiary/aromatic N) is 1. The molecular formula is C12H17ClN2O2S. The lowest BCUT2D eigenvalue weighted by Crippen LogP contribution is -2.52. The Morgan fingerprint density at radius 3 is 2.94 bits per heavy atom. The maximum absolute atomic E-state index is 11.8. The molecule has 1 atom stereocenters. The molecule has 0 aromatic carbocycles. The maximum Gasteiger partial charge on any atom is 0.326 e.